The van der Waals surface area contributed by atoms with E-state index in [9.17, 15) is 22.4 Å². The highest BCUT2D eigenvalue weighted by molar-refractivity contribution is 7.89. The number of halogens is 1. The van der Waals surface area contributed by atoms with Crippen LogP contribution in [-0.4, -0.2) is 80.9 Å². The maximum absolute atomic E-state index is 14.5. The fraction of sp³-hybridized carbons (Fsp3) is 0.517. The first kappa shape index (κ1) is 28.5. The number of ether oxygens (including phenoxy) is 1. The van der Waals surface area contributed by atoms with Gasteiger partial charge in [0.1, 0.15) is 11.6 Å². The van der Waals surface area contributed by atoms with Gasteiger partial charge in [-0.15, -0.1) is 0 Å². The molecule has 2 N–H and O–H groups in total. The number of carbonyl (C=O) groups is 2. The second-order valence-corrected chi connectivity index (χ2v) is 13.0. The number of piperazine rings is 1. The summed E-state index contributed by atoms with van der Waals surface area (Å²) < 4.78 is 48.5. The molecule has 11 heteroatoms. The Labute approximate surface area is 235 Å². The minimum atomic E-state index is -3.68. The summed E-state index contributed by atoms with van der Waals surface area (Å²) in [5.74, 6) is -0.661. The molecule has 0 aromatic heterocycles. The van der Waals surface area contributed by atoms with E-state index in [1.54, 1.807) is 29.2 Å². The molecule has 40 heavy (non-hydrogen) atoms. The second kappa shape index (κ2) is 12.2. The van der Waals surface area contributed by atoms with Gasteiger partial charge in [0.25, 0.3) is 0 Å². The molecule has 3 aliphatic heterocycles. The fourth-order valence-electron chi connectivity index (χ4n) is 5.82. The number of aryl methyl sites for hydroxylation is 1. The van der Waals surface area contributed by atoms with Gasteiger partial charge in [-0.1, -0.05) is 12.1 Å². The highest BCUT2D eigenvalue weighted by Crippen LogP contribution is 2.24. The van der Waals surface area contributed by atoms with Crippen molar-refractivity contribution in [3.8, 4) is 5.75 Å². The monoisotopic (exact) mass is 572 g/mol. The smallest absolute Gasteiger partial charge is 0.243 e. The van der Waals surface area contributed by atoms with Gasteiger partial charge >= 0.3 is 0 Å². The van der Waals surface area contributed by atoms with E-state index in [4.69, 9.17) is 4.74 Å². The molecule has 2 amide bonds. The summed E-state index contributed by atoms with van der Waals surface area (Å²) in [7, 11) is -3.68. The Bertz CT molecular complexity index is 1350. The van der Waals surface area contributed by atoms with Gasteiger partial charge in [0.2, 0.25) is 21.8 Å². The van der Waals surface area contributed by atoms with Crippen LogP contribution in [0, 0.1) is 18.7 Å². The van der Waals surface area contributed by atoms with Crippen molar-refractivity contribution in [1.29, 1.82) is 0 Å². The summed E-state index contributed by atoms with van der Waals surface area (Å²) in [4.78, 5) is 27.8. The molecule has 0 saturated carbocycles. The molecule has 9 nitrogen and oxygen atoms in total. The number of nitrogens with zero attached hydrogens (tertiary/aromatic N) is 2. The molecular formula is C29H37FN4O5S. The van der Waals surface area contributed by atoms with Crippen molar-refractivity contribution in [2.75, 3.05) is 39.3 Å². The third-order valence-corrected chi connectivity index (χ3v) is 9.71. The first-order valence-electron chi connectivity index (χ1n) is 14.0. The number of fused-ring (bicyclic) bond motifs is 4. The molecule has 4 bridgehead atoms. The van der Waals surface area contributed by atoms with E-state index >= 15 is 0 Å². The van der Waals surface area contributed by atoms with Crippen molar-refractivity contribution < 1.29 is 27.1 Å². The summed E-state index contributed by atoms with van der Waals surface area (Å²) in [5.41, 5.74) is 1.55. The normalized spacial score (nSPS) is 25.1. The summed E-state index contributed by atoms with van der Waals surface area (Å²) in [6.45, 7) is 4.26. The molecule has 0 radical (unpaired) electrons. The maximum Gasteiger partial charge on any atom is 0.243 e. The van der Waals surface area contributed by atoms with E-state index in [-0.39, 0.29) is 35.7 Å². The Morgan fingerprint density at radius 3 is 2.70 bits per heavy atom. The largest absolute Gasteiger partial charge is 0.493 e. The van der Waals surface area contributed by atoms with Gasteiger partial charge in [0.05, 0.1) is 17.4 Å². The highest BCUT2D eigenvalue weighted by Gasteiger charge is 2.36. The molecule has 2 saturated heterocycles. The van der Waals surface area contributed by atoms with Crippen LogP contribution in [0.4, 0.5) is 4.39 Å². The van der Waals surface area contributed by atoms with Crippen LogP contribution in [0.2, 0.25) is 0 Å². The number of hydrogen-bond acceptors (Lipinski definition) is 6. The van der Waals surface area contributed by atoms with Gasteiger partial charge in [-0.05, 0) is 68.0 Å². The Hall–Kier alpha value is -3.02. The topological polar surface area (TPSA) is 108 Å². The average Bonchev–Trinajstić information content (AvgIpc) is 3.28. The molecule has 2 fully saturated rings. The lowest BCUT2D eigenvalue weighted by molar-refractivity contribution is -0.129. The number of nitrogens with one attached hydrogen (secondary N) is 2. The van der Waals surface area contributed by atoms with Crippen LogP contribution < -0.4 is 15.4 Å². The van der Waals surface area contributed by atoms with Crippen LogP contribution in [-0.2, 0) is 26.0 Å². The first-order chi connectivity index (χ1) is 19.2. The molecule has 2 aromatic rings. The predicted octanol–water partition coefficient (Wildman–Crippen LogP) is 2.24. The van der Waals surface area contributed by atoms with Crippen LogP contribution in [0.3, 0.4) is 0 Å². The van der Waals surface area contributed by atoms with E-state index in [2.05, 4.69) is 10.6 Å². The van der Waals surface area contributed by atoms with Crippen molar-refractivity contribution in [3.05, 3.63) is 59.4 Å². The first-order valence-corrected chi connectivity index (χ1v) is 15.4. The highest BCUT2D eigenvalue weighted by atomic mass is 32.2. The number of hydrogen-bond donors (Lipinski definition) is 2. The third-order valence-electron chi connectivity index (χ3n) is 7.85. The second-order valence-electron chi connectivity index (χ2n) is 11.1. The van der Waals surface area contributed by atoms with Crippen molar-refractivity contribution in [1.82, 2.24) is 19.8 Å². The van der Waals surface area contributed by atoms with Crippen molar-refractivity contribution >= 4 is 21.8 Å². The molecule has 1 unspecified atom stereocenters. The Morgan fingerprint density at radius 1 is 1.02 bits per heavy atom. The molecular weight excluding hydrogens is 535 g/mol. The van der Waals surface area contributed by atoms with Crippen LogP contribution in [0.1, 0.15) is 36.8 Å². The standard InChI is InChI=1S/C29H37FN4O5S/c1-20-5-4-6-27(11-20)40(37,38)34-9-7-31-25(19-34)17-24-13-21-12-23(30)16-26(14-21)39-10-3-2-8-33-18-22(15-28(33)35)29(36)32-24/h4-6,11-12,14,16,22,24-25,31H,2-3,7-10,13,15,17-19H2,1H3,(H,32,36)/t22?,24-,25-/m0/s1. The SMILES string of the molecule is Cc1cccc(S(=O)(=O)N2CCN[C@@H](C[C@@H]3Cc4cc(F)cc(c4)OCCCCN4CC(CC4=O)C(=O)N3)C2)c1. The number of carbonyl (C=O) groups excluding carboxylic acids is 2. The number of rotatable bonds is 4. The molecule has 3 aliphatic rings. The molecule has 2 aromatic carbocycles. The van der Waals surface area contributed by atoms with Gasteiger partial charge in [0, 0.05) is 57.3 Å². The van der Waals surface area contributed by atoms with Crippen LogP contribution in [0.5, 0.6) is 5.75 Å². The van der Waals surface area contributed by atoms with E-state index in [1.165, 1.54) is 16.4 Å². The molecule has 5 rings (SSSR count). The van der Waals surface area contributed by atoms with E-state index in [0.29, 0.717) is 63.4 Å². The number of benzene rings is 2. The molecule has 3 heterocycles. The summed E-state index contributed by atoms with van der Waals surface area (Å²) in [6, 6.07) is 10.8. The lowest BCUT2D eigenvalue weighted by Gasteiger charge is -2.35. The third kappa shape index (κ3) is 6.82. The Kier molecular flexibility index (Phi) is 8.72. The van der Waals surface area contributed by atoms with Gasteiger partial charge < -0.3 is 20.3 Å². The van der Waals surface area contributed by atoms with E-state index in [0.717, 1.165) is 12.0 Å². The fourth-order valence-corrected chi connectivity index (χ4v) is 7.41. The van der Waals surface area contributed by atoms with Crippen LogP contribution in [0.15, 0.2) is 47.4 Å². The summed E-state index contributed by atoms with van der Waals surface area (Å²) in [5, 5.41) is 6.51. The van der Waals surface area contributed by atoms with Crippen molar-refractivity contribution in [2.24, 2.45) is 5.92 Å². The van der Waals surface area contributed by atoms with Gasteiger partial charge in [-0.2, -0.15) is 4.31 Å². The van der Waals surface area contributed by atoms with E-state index in [1.807, 2.05) is 13.0 Å². The minimum Gasteiger partial charge on any atom is -0.493 e. The predicted molar refractivity (Wildman–Crippen MR) is 148 cm³/mol. The summed E-state index contributed by atoms with van der Waals surface area (Å²) >= 11 is 0. The van der Waals surface area contributed by atoms with E-state index < -0.39 is 27.8 Å². The van der Waals surface area contributed by atoms with Crippen molar-refractivity contribution in [2.45, 2.75) is 56.0 Å². The quantitative estimate of drug-likeness (QED) is 0.582. The lowest BCUT2D eigenvalue weighted by Crippen LogP contribution is -2.55. The van der Waals surface area contributed by atoms with Gasteiger partial charge in [-0.25, -0.2) is 12.8 Å². The van der Waals surface area contributed by atoms with Crippen LogP contribution >= 0.6 is 0 Å². The zero-order valence-corrected chi connectivity index (χ0v) is 23.6. The zero-order valence-electron chi connectivity index (χ0n) is 22.8. The molecule has 0 spiro atoms. The van der Waals surface area contributed by atoms with Gasteiger partial charge in [0.15, 0.2) is 0 Å². The summed E-state index contributed by atoms with van der Waals surface area (Å²) in [6.07, 6.45) is 2.39. The average molecular weight is 573 g/mol. The number of amides is 2. The van der Waals surface area contributed by atoms with Gasteiger partial charge in [-0.3, -0.25) is 9.59 Å². The molecule has 0 aliphatic carbocycles. The minimum absolute atomic E-state index is 0.0250. The van der Waals surface area contributed by atoms with Crippen LogP contribution in [0.25, 0.3) is 0 Å². The zero-order chi connectivity index (χ0) is 28.3. The molecule has 3 atom stereocenters. The molecule has 216 valence electrons. The lowest BCUT2D eigenvalue weighted by atomic mass is 9.97. The Balaban J connectivity index is 1.36. The maximum atomic E-state index is 14.5. The van der Waals surface area contributed by atoms with Crippen molar-refractivity contribution in [3.63, 3.8) is 0 Å². The Morgan fingerprint density at radius 2 is 1.88 bits per heavy atom. The number of sulfonamides is 1.